The number of nitrogens with one attached hydrogen (secondary N) is 2. The summed E-state index contributed by atoms with van der Waals surface area (Å²) in [7, 11) is 0. The topological polar surface area (TPSA) is 84.5 Å². The summed E-state index contributed by atoms with van der Waals surface area (Å²) in [6.45, 7) is -0.185. The van der Waals surface area contributed by atoms with Gasteiger partial charge in [-0.25, -0.2) is 4.79 Å². The van der Waals surface area contributed by atoms with Gasteiger partial charge in [-0.1, -0.05) is 41.9 Å². The molecule has 0 aliphatic carbocycles. The molecule has 0 radical (unpaired) electrons. The molecule has 2 aromatic carbocycles. The number of anilines is 1. The first-order chi connectivity index (χ1) is 14.0. The molecular weight excluding hydrogens is 412 g/mol. The van der Waals surface area contributed by atoms with E-state index in [0.29, 0.717) is 15.6 Å². The van der Waals surface area contributed by atoms with Gasteiger partial charge >= 0.3 is 5.97 Å². The van der Waals surface area contributed by atoms with Crippen molar-refractivity contribution in [2.75, 3.05) is 11.9 Å². The number of hydrogen-bond donors (Lipinski definition) is 2. The van der Waals surface area contributed by atoms with Gasteiger partial charge in [-0.3, -0.25) is 9.59 Å². The molecule has 0 fully saturated rings. The minimum absolute atomic E-state index is 0.230. The number of esters is 1. The van der Waals surface area contributed by atoms with Gasteiger partial charge in [-0.2, -0.15) is 0 Å². The number of ether oxygens (including phenoxy) is 1. The van der Waals surface area contributed by atoms with Crippen molar-refractivity contribution in [3.63, 3.8) is 0 Å². The zero-order valence-corrected chi connectivity index (χ0v) is 16.8. The van der Waals surface area contributed by atoms with E-state index in [0.717, 1.165) is 5.56 Å². The molecule has 0 unspecified atom stereocenters. The molecular formula is C21H17ClN2O4S. The maximum atomic E-state index is 12.2. The predicted molar refractivity (Wildman–Crippen MR) is 112 cm³/mol. The molecule has 3 rings (SSSR count). The van der Waals surface area contributed by atoms with Crippen LogP contribution < -0.4 is 10.6 Å². The summed E-state index contributed by atoms with van der Waals surface area (Å²) in [4.78, 5) is 36.8. The third-order valence-electron chi connectivity index (χ3n) is 3.87. The van der Waals surface area contributed by atoms with Gasteiger partial charge in [0.25, 0.3) is 11.8 Å². The summed E-state index contributed by atoms with van der Waals surface area (Å²) in [5.74, 6) is -1.37. The van der Waals surface area contributed by atoms with Gasteiger partial charge in [-0.05, 0) is 41.3 Å². The van der Waals surface area contributed by atoms with Crippen LogP contribution >= 0.6 is 22.9 Å². The molecule has 0 aliphatic heterocycles. The Kier molecular flexibility index (Phi) is 6.99. The Hall–Kier alpha value is -3.16. The smallest absolute Gasteiger partial charge is 0.338 e. The van der Waals surface area contributed by atoms with Crippen LogP contribution in [0.25, 0.3) is 0 Å². The van der Waals surface area contributed by atoms with E-state index in [-0.39, 0.29) is 18.0 Å². The van der Waals surface area contributed by atoms with E-state index in [9.17, 15) is 14.4 Å². The quantitative estimate of drug-likeness (QED) is 0.554. The van der Waals surface area contributed by atoms with Crippen LogP contribution in [0.2, 0.25) is 5.02 Å². The molecule has 0 bridgehead atoms. The number of amides is 2. The lowest BCUT2D eigenvalue weighted by molar-refractivity contribution is -0.124. The molecule has 2 N–H and O–H groups in total. The Balaban J connectivity index is 1.50. The number of thiophene rings is 1. The minimum Gasteiger partial charge on any atom is -0.452 e. The van der Waals surface area contributed by atoms with Crippen LogP contribution in [0.15, 0.2) is 66.0 Å². The fraction of sp³-hybridized carbons (Fsp3) is 0.0952. The number of benzene rings is 2. The average molecular weight is 429 g/mol. The first kappa shape index (κ1) is 20.6. The summed E-state index contributed by atoms with van der Waals surface area (Å²) in [5.41, 5.74) is 1.46. The fourth-order valence-corrected chi connectivity index (χ4v) is 3.25. The Morgan fingerprint density at radius 1 is 1.00 bits per heavy atom. The maximum absolute atomic E-state index is 12.2. The van der Waals surface area contributed by atoms with Gasteiger partial charge in [0.2, 0.25) is 0 Å². The molecule has 148 valence electrons. The summed E-state index contributed by atoms with van der Waals surface area (Å²) >= 11 is 7.35. The predicted octanol–water partition coefficient (Wildman–Crippen LogP) is 4.13. The van der Waals surface area contributed by atoms with Crippen molar-refractivity contribution in [1.29, 1.82) is 0 Å². The molecule has 6 nitrogen and oxygen atoms in total. The molecule has 3 aromatic rings. The highest BCUT2D eigenvalue weighted by Crippen LogP contribution is 2.16. The highest BCUT2D eigenvalue weighted by atomic mass is 35.5. The molecule has 1 heterocycles. The van der Waals surface area contributed by atoms with Crippen LogP contribution in [0.5, 0.6) is 0 Å². The number of rotatable bonds is 7. The monoisotopic (exact) mass is 428 g/mol. The highest BCUT2D eigenvalue weighted by molar-refractivity contribution is 7.12. The van der Waals surface area contributed by atoms with Crippen molar-refractivity contribution in [3.05, 3.63) is 87.1 Å². The second-order valence-electron chi connectivity index (χ2n) is 5.96. The Morgan fingerprint density at radius 2 is 1.83 bits per heavy atom. The minimum atomic E-state index is -0.662. The molecule has 2 amide bonds. The molecule has 0 spiro atoms. The van der Waals surface area contributed by atoms with E-state index in [1.165, 1.54) is 17.4 Å². The lowest BCUT2D eigenvalue weighted by Crippen LogP contribution is -2.28. The van der Waals surface area contributed by atoms with E-state index in [2.05, 4.69) is 10.6 Å². The Bertz CT molecular complexity index is 1020. The van der Waals surface area contributed by atoms with Crippen LogP contribution in [-0.4, -0.2) is 24.4 Å². The number of carbonyl (C=O) groups excluding carboxylic acids is 3. The van der Waals surface area contributed by atoms with E-state index in [4.69, 9.17) is 16.3 Å². The highest BCUT2D eigenvalue weighted by Gasteiger charge is 2.13. The molecule has 1 aromatic heterocycles. The third kappa shape index (κ3) is 5.91. The lowest BCUT2D eigenvalue weighted by Gasteiger charge is -2.09. The van der Waals surface area contributed by atoms with Gasteiger partial charge in [0.05, 0.1) is 10.4 Å². The Morgan fingerprint density at radius 3 is 2.59 bits per heavy atom. The first-order valence-electron chi connectivity index (χ1n) is 8.65. The SMILES string of the molecule is O=C(COC(=O)c1cccc(NC(=O)c2cccs2)c1)NCc1ccccc1Cl. The largest absolute Gasteiger partial charge is 0.452 e. The fourth-order valence-electron chi connectivity index (χ4n) is 2.43. The molecule has 0 saturated heterocycles. The van der Waals surface area contributed by atoms with Gasteiger partial charge in [0.15, 0.2) is 6.61 Å². The van der Waals surface area contributed by atoms with Gasteiger partial charge in [-0.15, -0.1) is 11.3 Å². The van der Waals surface area contributed by atoms with Crippen molar-refractivity contribution in [3.8, 4) is 0 Å². The third-order valence-corrected chi connectivity index (χ3v) is 5.11. The van der Waals surface area contributed by atoms with Gasteiger partial charge < -0.3 is 15.4 Å². The number of hydrogen-bond acceptors (Lipinski definition) is 5. The van der Waals surface area contributed by atoms with E-state index in [1.54, 1.807) is 53.9 Å². The van der Waals surface area contributed by atoms with Crippen molar-refractivity contribution in [1.82, 2.24) is 5.32 Å². The van der Waals surface area contributed by atoms with E-state index < -0.39 is 18.5 Å². The first-order valence-corrected chi connectivity index (χ1v) is 9.91. The number of halogens is 1. The van der Waals surface area contributed by atoms with Crippen LogP contribution in [0.3, 0.4) is 0 Å². The molecule has 0 saturated carbocycles. The second-order valence-corrected chi connectivity index (χ2v) is 7.31. The maximum Gasteiger partial charge on any atom is 0.338 e. The normalized spacial score (nSPS) is 10.2. The van der Waals surface area contributed by atoms with Gasteiger partial charge in [0.1, 0.15) is 0 Å². The van der Waals surface area contributed by atoms with Crippen molar-refractivity contribution in [2.45, 2.75) is 6.54 Å². The standard InChI is InChI=1S/C21H17ClN2O4S/c22-17-8-2-1-5-15(17)12-23-19(25)13-28-21(27)14-6-3-7-16(11-14)24-20(26)18-9-4-10-29-18/h1-11H,12-13H2,(H,23,25)(H,24,26). The van der Waals surface area contributed by atoms with Crippen LogP contribution in [0.1, 0.15) is 25.6 Å². The average Bonchev–Trinajstić information content (AvgIpc) is 3.27. The van der Waals surface area contributed by atoms with Crippen molar-refractivity contribution in [2.24, 2.45) is 0 Å². The summed E-state index contributed by atoms with van der Waals surface area (Å²) in [6, 6.07) is 17.0. The molecule has 29 heavy (non-hydrogen) atoms. The summed E-state index contributed by atoms with van der Waals surface area (Å²) in [6.07, 6.45) is 0. The van der Waals surface area contributed by atoms with Crippen LogP contribution in [0, 0.1) is 0 Å². The van der Waals surface area contributed by atoms with Crippen LogP contribution in [0.4, 0.5) is 5.69 Å². The molecule has 8 heteroatoms. The van der Waals surface area contributed by atoms with E-state index >= 15 is 0 Å². The zero-order valence-electron chi connectivity index (χ0n) is 15.2. The lowest BCUT2D eigenvalue weighted by atomic mass is 10.2. The molecule has 0 aliphatic rings. The second kappa shape index (κ2) is 9.86. The van der Waals surface area contributed by atoms with Crippen molar-refractivity contribution >= 4 is 46.4 Å². The summed E-state index contributed by atoms with van der Waals surface area (Å²) in [5, 5.41) is 7.72. The van der Waals surface area contributed by atoms with Gasteiger partial charge in [0, 0.05) is 17.3 Å². The molecule has 0 atom stereocenters. The number of carbonyl (C=O) groups is 3. The zero-order chi connectivity index (χ0) is 20.6. The Labute approximate surface area is 176 Å². The summed E-state index contributed by atoms with van der Waals surface area (Å²) < 4.78 is 5.05. The van der Waals surface area contributed by atoms with Crippen LogP contribution in [-0.2, 0) is 16.1 Å². The van der Waals surface area contributed by atoms with E-state index in [1.807, 2.05) is 6.07 Å². The van der Waals surface area contributed by atoms with Crippen molar-refractivity contribution < 1.29 is 19.1 Å².